The molecule has 1 fully saturated rings. The van der Waals surface area contributed by atoms with E-state index in [2.05, 4.69) is 37.1 Å². The number of aromatic nitrogens is 5. The zero-order valence-electron chi connectivity index (χ0n) is 20.5. The van der Waals surface area contributed by atoms with Gasteiger partial charge in [-0.2, -0.15) is 0 Å². The summed E-state index contributed by atoms with van der Waals surface area (Å²) in [5.74, 6) is 0.570. The summed E-state index contributed by atoms with van der Waals surface area (Å²) in [6.45, 7) is 5.92. The minimum absolute atomic E-state index is 0.160. The molecule has 0 saturated carbocycles. The molecule has 4 heterocycles. The van der Waals surface area contributed by atoms with Gasteiger partial charge in [-0.05, 0) is 44.2 Å². The Morgan fingerprint density at radius 1 is 1.11 bits per heavy atom. The van der Waals surface area contributed by atoms with Gasteiger partial charge in [0.15, 0.2) is 11.5 Å². The van der Waals surface area contributed by atoms with E-state index in [9.17, 15) is 9.90 Å². The molecule has 6 rings (SSSR count). The number of pyridine rings is 1. The number of aliphatic hydroxyl groups is 1. The second-order valence-corrected chi connectivity index (χ2v) is 9.43. The molecule has 4 N–H and O–H groups in total. The normalized spacial score (nSPS) is 17.7. The van der Waals surface area contributed by atoms with Gasteiger partial charge in [-0.3, -0.25) is 4.79 Å². The lowest BCUT2D eigenvalue weighted by Gasteiger charge is -2.32. The lowest BCUT2D eigenvalue weighted by molar-refractivity contribution is 0.0532. The average Bonchev–Trinajstić information content (AvgIpc) is 3.32. The van der Waals surface area contributed by atoms with Crippen molar-refractivity contribution in [1.82, 2.24) is 24.9 Å². The van der Waals surface area contributed by atoms with Gasteiger partial charge in [0.25, 0.3) is 5.56 Å². The van der Waals surface area contributed by atoms with Crippen molar-refractivity contribution in [3.8, 4) is 11.4 Å². The second-order valence-electron chi connectivity index (χ2n) is 9.43. The van der Waals surface area contributed by atoms with Crippen LogP contribution in [0.5, 0.6) is 0 Å². The first-order valence-electron chi connectivity index (χ1n) is 12.2. The summed E-state index contributed by atoms with van der Waals surface area (Å²) in [6, 6.07) is 15.1. The molecule has 3 aromatic heterocycles. The van der Waals surface area contributed by atoms with Gasteiger partial charge in [0.2, 0.25) is 0 Å². The van der Waals surface area contributed by atoms with Gasteiger partial charge in [0.1, 0.15) is 11.4 Å². The van der Waals surface area contributed by atoms with E-state index in [1.54, 1.807) is 25.4 Å². The number of morpholine rings is 1. The largest absolute Gasteiger partial charge is 0.375 e. The highest BCUT2D eigenvalue weighted by Crippen LogP contribution is 2.34. The molecule has 5 aromatic rings. The first kappa shape index (κ1) is 23.1. The van der Waals surface area contributed by atoms with E-state index < -0.39 is 5.72 Å². The maximum atomic E-state index is 13.4. The number of nitrogens with zero attached hydrogens (tertiary/aromatic N) is 4. The fourth-order valence-electron chi connectivity index (χ4n) is 4.81. The first-order chi connectivity index (χ1) is 17.9. The van der Waals surface area contributed by atoms with Crippen LogP contribution in [-0.2, 0) is 10.5 Å². The molecule has 1 aliphatic heterocycles. The van der Waals surface area contributed by atoms with Crippen molar-refractivity contribution in [3.05, 3.63) is 77.1 Å². The Balaban J connectivity index is 1.48. The minimum atomic E-state index is -1.65. The minimum Gasteiger partial charge on any atom is -0.375 e. The Labute approximate surface area is 212 Å². The second kappa shape index (κ2) is 8.99. The van der Waals surface area contributed by atoms with Crippen LogP contribution in [0.15, 0.2) is 65.7 Å². The Morgan fingerprint density at radius 2 is 1.92 bits per heavy atom. The van der Waals surface area contributed by atoms with Crippen molar-refractivity contribution in [1.29, 1.82) is 0 Å². The average molecular weight is 498 g/mol. The lowest BCUT2D eigenvalue weighted by atomic mass is 10.1. The number of imidazole rings is 1. The van der Waals surface area contributed by atoms with Crippen LogP contribution in [0.4, 0.5) is 11.4 Å². The van der Waals surface area contributed by atoms with Gasteiger partial charge in [-0.15, -0.1) is 0 Å². The molecule has 188 valence electrons. The van der Waals surface area contributed by atoms with Crippen molar-refractivity contribution in [2.45, 2.75) is 25.7 Å². The standard InChI is InChI=1S/C27H27N7O3/c1-16-15-34(12-13-37-16)17-8-9-20-21(14-17)31-24(30-20)22-23(18-6-3-4-7-19(18)32-25(22)35)33-27(2,36)26-28-10-5-11-29-26/h3-11,14,16,36H,12-13,15H2,1-2H3,(H,30,31)(H2,32,33,35)/t16-,27?/m0/s1. The summed E-state index contributed by atoms with van der Waals surface area (Å²) in [5.41, 5.74) is 1.95. The molecule has 2 aromatic carbocycles. The number of hydrogen-bond acceptors (Lipinski definition) is 8. The van der Waals surface area contributed by atoms with Crippen LogP contribution in [0.3, 0.4) is 0 Å². The van der Waals surface area contributed by atoms with E-state index in [0.29, 0.717) is 23.6 Å². The molecule has 10 nitrogen and oxygen atoms in total. The molecule has 0 amide bonds. The SMILES string of the molecule is C[C@H]1CN(c2ccc3nc(-c4c(NC(C)(O)c5ncccn5)c5ccccc5[nH]c4=O)[nH]c3c2)CCO1. The Bertz CT molecular complexity index is 1650. The van der Waals surface area contributed by atoms with Crippen LogP contribution >= 0.6 is 0 Å². The number of nitrogens with one attached hydrogen (secondary N) is 3. The van der Waals surface area contributed by atoms with Crippen molar-refractivity contribution in [2.75, 3.05) is 29.9 Å². The van der Waals surface area contributed by atoms with Crippen LogP contribution in [0.1, 0.15) is 19.7 Å². The van der Waals surface area contributed by atoms with Crippen LogP contribution in [0.2, 0.25) is 0 Å². The Kier molecular flexibility index (Phi) is 5.62. The van der Waals surface area contributed by atoms with Gasteiger partial charge < -0.3 is 30.0 Å². The zero-order valence-corrected chi connectivity index (χ0v) is 20.5. The molecular formula is C27H27N7O3. The predicted octanol–water partition coefficient (Wildman–Crippen LogP) is 3.36. The Morgan fingerprint density at radius 3 is 2.73 bits per heavy atom. The number of H-pyrrole nitrogens is 2. The number of ether oxygens (including phenoxy) is 1. The molecule has 0 aliphatic carbocycles. The summed E-state index contributed by atoms with van der Waals surface area (Å²) in [7, 11) is 0. The first-order valence-corrected chi connectivity index (χ1v) is 12.2. The quantitative estimate of drug-likeness (QED) is 0.272. The van der Waals surface area contributed by atoms with Crippen molar-refractivity contribution >= 4 is 33.3 Å². The molecule has 0 bridgehead atoms. The molecule has 0 spiro atoms. The molecule has 0 radical (unpaired) electrons. The van der Waals surface area contributed by atoms with E-state index in [1.165, 1.54) is 0 Å². The third-order valence-electron chi connectivity index (χ3n) is 6.60. The smallest absolute Gasteiger partial charge is 0.261 e. The maximum absolute atomic E-state index is 13.4. The molecular weight excluding hydrogens is 470 g/mol. The van der Waals surface area contributed by atoms with Crippen LogP contribution in [-0.4, -0.2) is 55.8 Å². The van der Waals surface area contributed by atoms with Crippen molar-refractivity contribution in [3.63, 3.8) is 0 Å². The number of para-hydroxylation sites is 1. The number of benzene rings is 2. The van der Waals surface area contributed by atoms with Gasteiger partial charge in [-0.25, -0.2) is 15.0 Å². The number of anilines is 2. The number of rotatable bonds is 5. The fourth-order valence-corrected chi connectivity index (χ4v) is 4.81. The molecule has 1 unspecified atom stereocenters. The molecule has 10 heteroatoms. The summed E-state index contributed by atoms with van der Waals surface area (Å²) in [5, 5.41) is 15.2. The van der Waals surface area contributed by atoms with Crippen LogP contribution in [0, 0.1) is 0 Å². The van der Waals surface area contributed by atoms with E-state index >= 15 is 0 Å². The molecule has 37 heavy (non-hydrogen) atoms. The van der Waals surface area contributed by atoms with Gasteiger partial charge in [0.05, 0.1) is 34.9 Å². The highest BCUT2D eigenvalue weighted by molar-refractivity contribution is 5.99. The summed E-state index contributed by atoms with van der Waals surface area (Å²) in [6.07, 6.45) is 3.27. The van der Waals surface area contributed by atoms with Gasteiger partial charge >= 0.3 is 0 Å². The Hall–Kier alpha value is -4.28. The molecule has 1 saturated heterocycles. The molecule has 2 atom stereocenters. The topological polar surface area (TPSA) is 132 Å². The number of aromatic amines is 2. The van der Waals surface area contributed by atoms with Gasteiger partial charge in [-0.1, -0.05) is 18.2 Å². The van der Waals surface area contributed by atoms with Crippen LogP contribution in [0.25, 0.3) is 33.3 Å². The number of fused-ring (bicyclic) bond motifs is 2. The third-order valence-corrected chi connectivity index (χ3v) is 6.60. The van der Waals surface area contributed by atoms with E-state index in [1.807, 2.05) is 42.5 Å². The monoisotopic (exact) mass is 497 g/mol. The highest BCUT2D eigenvalue weighted by Gasteiger charge is 2.30. The maximum Gasteiger partial charge on any atom is 0.261 e. The number of hydrogen-bond donors (Lipinski definition) is 4. The lowest BCUT2D eigenvalue weighted by Crippen LogP contribution is -2.41. The summed E-state index contributed by atoms with van der Waals surface area (Å²) >= 11 is 0. The van der Waals surface area contributed by atoms with Crippen molar-refractivity contribution < 1.29 is 9.84 Å². The highest BCUT2D eigenvalue weighted by atomic mass is 16.5. The summed E-state index contributed by atoms with van der Waals surface area (Å²) in [4.78, 5) is 35.1. The van der Waals surface area contributed by atoms with E-state index in [4.69, 9.17) is 9.72 Å². The molecule has 1 aliphatic rings. The van der Waals surface area contributed by atoms with E-state index in [0.717, 1.165) is 35.2 Å². The van der Waals surface area contributed by atoms with Crippen LogP contribution < -0.4 is 15.8 Å². The van der Waals surface area contributed by atoms with Crippen molar-refractivity contribution in [2.24, 2.45) is 0 Å². The zero-order chi connectivity index (χ0) is 25.6. The third kappa shape index (κ3) is 4.30. The predicted molar refractivity (Wildman–Crippen MR) is 143 cm³/mol. The van der Waals surface area contributed by atoms with Gasteiger partial charge in [0, 0.05) is 36.6 Å². The van der Waals surface area contributed by atoms with E-state index in [-0.39, 0.29) is 23.1 Å². The summed E-state index contributed by atoms with van der Waals surface area (Å²) < 4.78 is 5.68. The fraction of sp³-hybridized carbons (Fsp3) is 0.259.